The van der Waals surface area contributed by atoms with Gasteiger partial charge in [0.1, 0.15) is 18.3 Å². The molecule has 0 radical (unpaired) electrons. The Balaban J connectivity index is 1.76. The van der Waals surface area contributed by atoms with E-state index in [4.69, 9.17) is 4.74 Å². The monoisotopic (exact) mass is 388 g/mol. The highest BCUT2D eigenvalue weighted by atomic mass is 16.6. The van der Waals surface area contributed by atoms with Crippen LogP contribution in [0.25, 0.3) is 10.9 Å². The summed E-state index contributed by atoms with van der Waals surface area (Å²) in [6.45, 7) is -0.572. The Labute approximate surface area is 158 Å². The molecule has 0 spiro atoms. The highest BCUT2D eigenvalue weighted by Gasteiger charge is 2.43. The van der Waals surface area contributed by atoms with Gasteiger partial charge < -0.3 is 20.1 Å². The summed E-state index contributed by atoms with van der Waals surface area (Å²) in [5.74, 6) is 0. The van der Waals surface area contributed by atoms with Crippen molar-refractivity contribution >= 4 is 10.9 Å². The maximum atomic E-state index is 12.9. The number of aliphatic hydroxyl groups is 3. The molecule has 1 aromatic carbocycles. The van der Waals surface area contributed by atoms with Crippen LogP contribution in [0.15, 0.2) is 46.1 Å². The van der Waals surface area contributed by atoms with Crippen LogP contribution >= 0.6 is 0 Å². The molecule has 10 nitrogen and oxygen atoms in total. The van der Waals surface area contributed by atoms with E-state index < -0.39 is 42.4 Å². The van der Waals surface area contributed by atoms with Gasteiger partial charge in [0.25, 0.3) is 5.56 Å². The second-order valence-electron chi connectivity index (χ2n) is 6.75. The summed E-state index contributed by atoms with van der Waals surface area (Å²) in [5.41, 5.74) is 0.182. The molecule has 2 aromatic heterocycles. The van der Waals surface area contributed by atoms with Crippen LogP contribution in [-0.4, -0.2) is 59.2 Å². The van der Waals surface area contributed by atoms with Gasteiger partial charge in [-0.05, 0) is 6.07 Å². The number of fused-ring (bicyclic) bond motifs is 1. The van der Waals surface area contributed by atoms with Crippen LogP contribution in [0.3, 0.4) is 0 Å². The van der Waals surface area contributed by atoms with E-state index >= 15 is 0 Å². The van der Waals surface area contributed by atoms with Gasteiger partial charge in [-0.25, -0.2) is 4.79 Å². The van der Waals surface area contributed by atoms with E-state index in [1.54, 1.807) is 11.7 Å². The highest BCUT2D eigenvalue weighted by Crippen LogP contribution is 2.27. The molecule has 1 aliphatic heterocycles. The summed E-state index contributed by atoms with van der Waals surface area (Å²) in [7, 11) is 1.77. The number of aryl methyl sites for hydroxylation is 1. The Morgan fingerprint density at radius 2 is 1.89 bits per heavy atom. The zero-order valence-corrected chi connectivity index (χ0v) is 15.0. The average molecular weight is 388 g/mol. The van der Waals surface area contributed by atoms with Crippen LogP contribution in [0.5, 0.6) is 0 Å². The summed E-state index contributed by atoms with van der Waals surface area (Å²) < 4.78 is 9.10. The number of aliphatic hydroxyl groups excluding tert-OH is 3. The predicted molar refractivity (Wildman–Crippen MR) is 97.8 cm³/mol. The fraction of sp³-hybridized carbons (Fsp3) is 0.389. The molecule has 4 rings (SSSR count). The van der Waals surface area contributed by atoms with Gasteiger partial charge in [0.2, 0.25) is 0 Å². The molecule has 3 N–H and O–H groups in total. The number of benzene rings is 1. The van der Waals surface area contributed by atoms with E-state index in [-0.39, 0.29) is 6.54 Å². The minimum atomic E-state index is -1.42. The maximum Gasteiger partial charge on any atom is 0.333 e. The molecule has 0 saturated carbocycles. The van der Waals surface area contributed by atoms with Crippen LogP contribution in [0.4, 0.5) is 0 Å². The summed E-state index contributed by atoms with van der Waals surface area (Å²) in [6.07, 6.45) is -3.80. The zero-order chi connectivity index (χ0) is 20.0. The van der Waals surface area contributed by atoms with Gasteiger partial charge in [-0.15, -0.1) is 0 Å². The Morgan fingerprint density at radius 1 is 1.14 bits per heavy atom. The Morgan fingerprint density at radius 3 is 2.61 bits per heavy atom. The van der Waals surface area contributed by atoms with Crippen molar-refractivity contribution in [2.45, 2.75) is 31.1 Å². The van der Waals surface area contributed by atoms with Crippen LogP contribution in [0.1, 0.15) is 11.9 Å². The summed E-state index contributed by atoms with van der Waals surface area (Å²) >= 11 is 0. The third-order valence-electron chi connectivity index (χ3n) is 5.03. The van der Waals surface area contributed by atoms with Crippen LogP contribution in [0.2, 0.25) is 0 Å². The van der Waals surface area contributed by atoms with Gasteiger partial charge in [0, 0.05) is 24.7 Å². The lowest BCUT2D eigenvalue weighted by atomic mass is 10.1. The van der Waals surface area contributed by atoms with Gasteiger partial charge in [-0.3, -0.25) is 18.6 Å². The van der Waals surface area contributed by atoms with Crippen molar-refractivity contribution in [3.63, 3.8) is 0 Å². The van der Waals surface area contributed by atoms with Crippen molar-refractivity contribution in [2.75, 3.05) is 6.61 Å². The van der Waals surface area contributed by atoms with Crippen LogP contribution in [0, 0.1) is 0 Å². The van der Waals surface area contributed by atoms with Crippen molar-refractivity contribution in [3.8, 4) is 0 Å². The molecule has 0 aliphatic carbocycles. The van der Waals surface area contributed by atoms with Crippen molar-refractivity contribution in [2.24, 2.45) is 7.05 Å². The minimum absolute atomic E-state index is 0.0609. The topological polar surface area (TPSA) is 132 Å². The third-order valence-corrected chi connectivity index (χ3v) is 5.03. The molecule has 10 heteroatoms. The number of ether oxygens (including phenoxy) is 1. The SMILES string of the molecule is Cn1nc(Cn2c(=O)ccn([C@@H]3O[C@H](CO)C(O)[C@@H]3O)c2=O)c2ccccc21. The van der Waals surface area contributed by atoms with Crippen molar-refractivity contribution in [3.05, 3.63) is 63.1 Å². The Bertz CT molecular complexity index is 1130. The van der Waals surface area contributed by atoms with E-state index in [1.807, 2.05) is 24.3 Å². The van der Waals surface area contributed by atoms with Gasteiger partial charge in [0.05, 0.1) is 24.4 Å². The summed E-state index contributed by atoms with van der Waals surface area (Å²) in [4.78, 5) is 25.3. The van der Waals surface area contributed by atoms with Crippen LogP contribution in [-0.2, 0) is 18.3 Å². The fourth-order valence-corrected chi connectivity index (χ4v) is 3.54. The quantitative estimate of drug-likeness (QED) is 0.499. The standard InChI is InChI=1S/C18H20N4O6/c1-20-12-5-3-2-4-10(12)11(19-20)8-22-14(24)6-7-21(18(22)27)17-16(26)15(25)13(9-23)28-17/h2-7,13,15-17,23,25-26H,8-9H2,1H3/t13-,15?,16+,17-/m1/s1. The molecule has 1 fully saturated rings. The van der Waals surface area contributed by atoms with E-state index in [1.165, 1.54) is 12.3 Å². The first-order valence-corrected chi connectivity index (χ1v) is 8.77. The van der Waals surface area contributed by atoms with E-state index in [0.717, 1.165) is 20.0 Å². The molecule has 4 atom stereocenters. The third kappa shape index (κ3) is 2.87. The van der Waals surface area contributed by atoms with Crippen molar-refractivity contribution < 1.29 is 20.1 Å². The normalized spacial score (nSPS) is 24.9. The minimum Gasteiger partial charge on any atom is -0.394 e. The van der Waals surface area contributed by atoms with E-state index in [2.05, 4.69) is 5.10 Å². The largest absolute Gasteiger partial charge is 0.394 e. The number of aromatic nitrogens is 4. The second-order valence-corrected chi connectivity index (χ2v) is 6.75. The fourth-order valence-electron chi connectivity index (χ4n) is 3.54. The lowest BCUT2D eigenvalue weighted by molar-refractivity contribution is -0.0555. The molecule has 0 amide bonds. The number of hydrogen-bond acceptors (Lipinski definition) is 7. The molecule has 148 valence electrons. The van der Waals surface area contributed by atoms with E-state index in [9.17, 15) is 24.9 Å². The molecule has 1 unspecified atom stereocenters. The molecule has 3 heterocycles. The Hall–Kier alpha value is -2.79. The van der Waals surface area contributed by atoms with Crippen molar-refractivity contribution in [1.82, 2.24) is 18.9 Å². The number of nitrogens with zero attached hydrogens (tertiary/aromatic N) is 4. The van der Waals surface area contributed by atoms with Gasteiger partial charge in [-0.1, -0.05) is 18.2 Å². The molecular weight excluding hydrogens is 368 g/mol. The lowest BCUT2D eigenvalue weighted by Crippen LogP contribution is -2.43. The lowest BCUT2D eigenvalue weighted by Gasteiger charge is -2.18. The van der Waals surface area contributed by atoms with Crippen molar-refractivity contribution in [1.29, 1.82) is 0 Å². The first kappa shape index (κ1) is 18.6. The number of rotatable bonds is 4. The summed E-state index contributed by atoms with van der Waals surface area (Å²) in [6, 6.07) is 8.64. The first-order chi connectivity index (χ1) is 13.4. The summed E-state index contributed by atoms with van der Waals surface area (Å²) in [5, 5.41) is 34.6. The Kier molecular flexibility index (Phi) is 4.63. The second kappa shape index (κ2) is 6.99. The molecular formula is C18H20N4O6. The number of para-hydroxylation sites is 1. The molecule has 1 saturated heterocycles. The predicted octanol–water partition coefficient (Wildman–Crippen LogP) is -1.44. The van der Waals surface area contributed by atoms with Crippen LogP contribution < -0.4 is 11.2 Å². The average Bonchev–Trinajstić information content (AvgIpc) is 3.16. The van der Waals surface area contributed by atoms with Gasteiger partial charge in [0.15, 0.2) is 6.23 Å². The number of hydrogen-bond donors (Lipinski definition) is 3. The maximum absolute atomic E-state index is 12.9. The smallest absolute Gasteiger partial charge is 0.333 e. The molecule has 1 aliphatic rings. The van der Waals surface area contributed by atoms with Gasteiger partial charge in [-0.2, -0.15) is 5.10 Å². The van der Waals surface area contributed by atoms with Gasteiger partial charge >= 0.3 is 5.69 Å². The first-order valence-electron chi connectivity index (χ1n) is 8.77. The molecule has 28 heavy (non-hydrogen) atoms. The molecule has 3 aromatic rings. The van der Waals surface area contributed by atoms with E-state index in [0.29, 0.717) is 5.69 Å². The highest BCUT2D eigenvalue weighted by molar-refractivity contribution is 5.81. The zero-order valence-electron chi connectivity index (χ0n) is 15.0. The molecule has 0 bridgehead atoms.